The van der Waals surface area contributed by atoms with E-state index >= 15 is 0 Å². The van der Waals surface area contributed by atoms with Crippen molar-refractivity contribution >= 4 is 42.3 Å². The third-order valence-electron chi connectivity index (χ3n) is 3.29. The molecule has 1 heterocycles. The standard InChI is InChI=1S/C12H16ClN3O.2ClH/c13-9-3-4-10(15-7-9)11(17)16-12(8-14)5-1-2-6-12;;/h3-4,7H,1-2,5-6,8,14H2,(H,16,17);2*1H. The Balaban J connectivity index is 0.00000162. The Morgan fingerprint density at radius 2 is 2.00 bits per heavy atom. The molecule has 1 saturated carbocycles. The Bertz CT molecular complexity index is 405. The van der Waals surface area contributed by atoms with Crippen LogP contribution in [0.15, 0.2) is 18.3 Å². The maximum atomic E-state index is 12.0. The van der Waals surface area contributed by atoms with Gasteiger partial charge in [-0.2, -0.15) is 0 Å². The summed E-state index contributed by atoms with van der Waals surface area (Å²) in [6.45, 7) is 0.479. The number of carbonyl (C=O) groups is 1. The topological polar surface area (TPSA) is 68.0 Å². The molecule has 1 aromatic rings. The van der Waals surface area contributed by atoms with Crippen LogP contribution in [0.1, 0.15) is 36.2 Å². The Morgan fingerprint density at radius 1 is 1.37 bits per heavy atom. The van der Waals surface area contributed by atoms with Gasteiger partial charge in [0.1, 0.15) is 5.69 Å². The van der Waals surface area contributed by atoms with Crippen LogP contribution in [0.4, 0.5) is 0 Å². The number of aromatic nitrogens is 1. The van der Waals surface area contributed by atoms with Crippen LogP contribution in [0.5, 0.6) is 0 Å². The van der Waals surface area contributed by atoms with Crippen molar-refractivity contribution in [2.45, 2.75) is 31.2 Å². The predicted octanol–water partition coefficient (Wildman–Crippen LogP) is 2.58. The summed E-state index contributed by atoms with van der Waals surface area (Å²) < 4.78 is 0. The van der Waals surface area contributed by atoms with Crippen molar-refractivity contribution in [3.63, 3.8) is 0 Å². The summed E-state index contributed by atoms with van der Waals surface area (Å²) in [7, 11) is 0. The molecule has 0 atom stereocenters. The maximum Gasteiger partial charge on any atom is 0.270 e. The smallest absolute Gasteiger partial charge is 0.270 e. The average molecular weight is 327 g/mol. The highest BCUT2D eigenvalue weighted by Gasteiger charge is 2.34. The van der Waals surface area contributed by atoms with Crippen LogP contribution in [0.2, 0.25) is 5.02 Å². The van der Waals surface area contributed by atoms with E-state index in [2.05, 4.69) is 10.3 Å². The summed E-state index contributed by atoms with van der Waals surface area (Å²) in [5, 5.41) is 3.53. The minimum Gasteiger partial charge on any atom is -0.344 e. The lowest BCUT2D eigenvalue weighted by Gasteiger charge is -2.28. The number of nitrogens with zero attached hydrogens (tertiary/aromatic N) is 1. The van der Waals surface area contributed by atoms with Gasteiger partial charge in [0.2, 0.25) is 0 Å². The van der Waals surface area contributed by atoms with E-state index < -0.39 is 0 Å². The van der Waals surface area contributed by atoms with Gasteiger partial charge in [-0.1, -0.05) is 24.4 Å². The highest BCUT2D eigenvalue weighted by molar-refractivity contribution is 6.30. The SMILES string of the molecule is Cl.Cl.NCC1(NC(=O)c2ccc(Cl)cn2)CCCC1. The molecule has 1 aliphatic carbocycles. The maximum absolute atomic E-state index is 12.0. The first-order valence-electron chi connectivity index (χ1n) is 5.79. The lowest BCUT2D eigenvalue weighted by molar-refractivity contribution is 0.0898. The first kappa shape index (κ1) is 18.4. The Kier molecular flexibility index (Phi) is 7.67. The molecule has 1 aliphatic rings. The molecule has 3 N–H and O–H groups in total. The predicted molar refractivity (Wildman–Crippen MR) is 81.5 cm³/mol. The molecule has 2 rings (SSSR count). The fourth-order valence-electron chi connectivity index (χ4n) is 2.25. The average Bonchev–Trinajstić information content (AvgIpc) is 2.79. The van der Waals surface area contributed by atoms with Crippen molar-refractivity contribution in [2.24, 2.45) is 5.73 Å². The molecular formula is C12H18Cl3N3O. The van der Waals surface area contributed by atoms with Crippen LogP contribution in [0, 0.1) is 0 Å². The van der Waals surface area contributed by atoms with Crippen LogP contribution in [-0.2, 0) is 0 Å². The molecule has 19 heavy (non-hydrogen) atoms. The van der Waals surface area contributed by atoms with E-state index in [1.54, 1.807) is 12.1 Å². The van der Waals surface area contributed by atoms with Gasteiger partial charge in [0, 0.05) is 12.7 Å². The number of amides is 1. The van der Waals surface area contributed by atoms with Crippen molar-refractivity contribution in [3.8, 4) is 0 Å². The number of nitrogens with one attached hydrogen (secondary N) is 1. The molecule has 1 aromatic heterocycles. The minimum absolute atomic E-state index is 0. The molecule has 0 bridgehead atoms. The second-order valence-corrected chi connectivity index (χ2v) is 4.94. The summed E-state index contributed by atoms with van der Waals surface area (Å²) in [6.07, 6.45) is 5.60. The zero-order valence-electron chi connectivity index (χ0n) is 10.4. The molecular weight excluding hydrogens is 309 g/mol. The van der Waals surface area contributed by atoms with E-state index in [-0.39, 0.29) is 36.3 Å². The van der Waals surface area contributed by atoms with Gasteiger partial charge < -0.3 is 11.1 Å². The zero-order valence-corrected chi connectivity index (χ0v) is 12.8. The van der Waals surface area contributed by atoms with Gasteiger partial charge in [-0.05, 0) is 25.0 Å². The number of nitrogens with two attached hydrogens (primary N) is 1. The normalized spacial score (nSPS) is 16.1. The summed E-state index contributed by atoms with van der Waals surface area (Å²) in [6, 6.07) is 3.28. The molecule has 108 valence electrons. The van der Waals surface area contributed by atoms with Crippen LogP contribution in [0.3, 0.4) is 0 Å². The highest BCUT2D eigenvalue weighted by Crippen LogP contribution is 2.28. The van der Waals surface area contributed by atoms with Crippen molar-refractivity contribution in [1.29, 1.82) is 0 Å². The van der Waals surface area contributed by atoms with E-state index in [1.165, 1.54) is 6.20 Å². The zero-order chi connectivity index (χ0) is 12.3. The first-order valence-corrected chi connectivity index (χ1v) is 6.17. The number of halogens is 3. The molecule has 1 fully saturated rings. The molecule has 0 saturated heterocycles. The lowest BCUT2D eigenvalue weighted by Crippen LogP contribution is -2.51. The third-order valence-corrected chi connectivity index (χ3v) is 3.51. The van der Waals surface area contributed by atoms with Crippen molar-refractivity contribution in [2.75, 3.05) is 6.54 Å². The lowest BCUT2D eigenvalue weighted by atomic mass is 9.97. The molecule has 0 unspecified atom stereocenters. The largest absolute Gasteiger partial charge is 0.344 e. The Labute approximate surface area is 130 Å². The van der Waals surface area contributed by atoms with E-state index in [9.17, 15) is 4.79 Å². The van der Waals surface area contributed by atoms with E-state index in [0.717, 1.165) is 25.7 Å². The third kappa shape index (κ3) is 4.49. The summed E-state index contributed by atoms with van der Waals surface area (Å²) >= 11 is 5.73. The molecule has 4 nitrogen and oxygen atoms in total. The number of hydrogen-bond acceptors (Lipinski definition) is 3. The van der Waals surface area contributed by atoms with Crippen LogP contribution in [-0.4, -0.2) is 23.0 Å². The fourth-order valence-corrected chi connectivity index (χ4v) is 2.36. The molecule has 1 amide bonds. The van der Waals surface area contributed by atoms with Crippen LogP contribution in [0.25, 0.3) is 0 Å². The van der Waals surface area contributed by atoms with Crippen molar-refractivity contribution in [3.05, 3.63) is 29.0 Å². The quantitative estimate of drug-likeness (QED) is 0.897. The molecule has 0 aliphatic heterocycles. The second-order valence-electron chi connectivity index (χ2n) is 4.51. The van der Waals surface area contributed by atoms with Crippen molar-refractivity contribution < 1.29 is 4.79 Å². The van der Waals surface area contributed by atoms with Gasteiger partial charge in [0.25, 0.3) is 5.91 Å². The number of hydrogen-bond donors (Lipinski definition) is 2. The molecule has 7 heteroatoms. The van der Waals surface area contributed by atoms with Gasteiger partial charge >= 0.3 is 0 Å². The Morgan fingerprint density at radius 3 is 2.47 bits per heavy atom. The number of rotatable bonds is 3. The summed E-state index contributed by atoms with van der Waals surface area (Å²) in [5.74, 6) is -0.172. The molecule has 0 aromatic carbocycles. The summed E-state index contributed by atoms with van der Waals surface area (Å²) in [4.78, 5) is 16.0. The van der Waals surface area contributed by atoms with Gasteiger partial charge in [-0.25, -0.2) is 4.98 Å². The summed E-state index contributed by atoms with van der Waals surface area (Å²) in [5.41, 5.74) is 5.91. The second kappa shape index (κ2) is 7.90. The number of pyridine rings is 1. The Hall–Kier alpha value is -0.550. The van der Waals surface area contributed by atoms with Crippen LogP contribution >= 0.6 is 36.4 Å². The van der Waals surface area contributed by atoms with Gasteiger partial charge in [0.15, 0.2) is 0 Å². The van der Waals surface area contributed by atoms with E-state index in [0.29, 0.717) is 17.3 Å². The highest BCUT2D eigenvalue weighted by atomic mass is 35.5. The fraction of sp³-hybridized carbons (Fsp3) is 0.500. The van der Waals surface area contributed by atoms with Gasteiger partial charge in [-0.3, -0.25) is 4.79 Å². The van der Waals surface area contributed by atoms with Crippen LogP contribution < -0.4 is 11.1 Å². The minimum atomic E-state index is -0.238. The monoisotopic (exact) mass is 325 g/mol. The van der Waals surface area contributed by atoms with Gasteiger partial charge in [0.05, 0.1) is 10.6 Å². The van der Waals surface area contributed by atoms with Gasteiger partial charge in [-0.15, -0.1) is 24.8 Å². The molecule has 0 radical (unpaired) electrons. The van der Waals surface area contributed by atoms with Crippen molar-refractivity contribution in [1.82, 2.24) is 10.3 Å². The van der Waals surface area contributed by atoms with E-state index in [4.69, 9.17) is 17.3 Å². The number of carbonyl (C=O) groups excluding carboxylic acids is 1. The molecule has 0 spiro atoms. The van der Waals surface area contributed by atoms with E-state index in [1.807, 2.05) is 0 Å². The first-order chi connectivity index (χ1) is 8.15.